The van der Waals surface area contributed by atoms with Gasteiger partial charge < -0.3 is 10.0 Å². The second-order valence-electron chi connectivity index (χ2n) is 7.15. The highest BCUT2D eigenvalue weighted by Gasteiger charge is 2.35. The van der Waals surface area contributed by atoms with Crippen LogP contribution in [0.25, 0.3) is 0 Å². The number of carbonyl (C=O) groups is 2. The molecule has 26 heavy (non-hydrogen) atoms. The Morgan fingerprint density at radius 3 is 2.65 bits per heavy atom. The normalized spacial score (nSPS) is 22.5. The number of aliphatic hydroxyl groups excluding tert-OH is 1. The van der Waals surface area contributed by atoms with E-state index in [9.17, 15) is 19.1 Å². The molecule has 1 aliphatic heterocycles. The first-order valence-corrected chi connectivity index (χ1v) is 8.98. The summed E-state index contributed by atoms with van der Waals surface area (Å²) in [4.78, 5) is 31.4. The van der Waals surface area contributed by atoms with Gasteiger partial charge in [0, 0.05) is 31.6 Å². The van der Waals surface area contributed by atoms with E-state index in [2.05, 4.69) is 0 Å². The number of aliphatic hydroxyl groups is 1. The summed E-state index contributed by atoms with van der Waals surface area (Å²) in [6.07, 6.45) is 3.27. The molecule has 0 radical (unpaired) electrons. The van der Waals surface area contributed by atoms with Crippen LogP contribution in [0.4, 0.5) is 4.39 Å². The first-order valence-electron chi connectivity index (χ1n) is 8.98. The van der Waals surface area contributed by atoms with Gasteiger partial charge in [-0.25, -0.2) is 9.45 Å². The van der Waals surface area contributed by atoms with Gasteiger partial charge >= 0.3 is 0 Å². The zero-order valence-electron chi connectivity index (χ0n) is 15.2. The molecular weight excluding hydrogens is 339 g/mol. The van der Waals surface area contributed by atoms with Crippen molar-refractivity contribution in [1.29, 1.82) is 0 Å². The smallest absolute Gasteiger partial charge is 0.257 e. The number of fused-ring (bicyclic) bond motifs is 1. The zero-order valence-corrected chi connectivity index (χ0v) is 15.2. The predicted octanol–water partition coefficient (Wildman–Crippen LogP) is 2.10. The number of benzene rings is 1. The van der Waals surface area contributed by atoms with E-state index in [1.165, 1.54) is 18.2 Å². The van der Waals surface area contributed by atoms with Crippen molar-refractivity contribution in [2.75, 3.05) is 20.7 Å². The van der Waals surface area contributed by atoms with Gasteiger partial charge in [-0.2, -0.15) is 0 Å². The summed E-state index contributed by atoms with van der Waals surface area (Å²) < 4.78 is 14.4. The zero-order chi connectivity index (χ0) is 18.8. The van der Waals surface area contributed by atoms with E-state index in [1.807, 2.05) is 0 Å². The molecule has 1 N–H and O–H groups in total. The summed E-state index contributed by atoms with van der Waals surface area (Å²) in [6, 6.07) is 3.26. The van der Waals surface area contributed by atoms with Crippen LogP contribution in [0.2, 0.25) is 0 Å². The molecule has 0 aromatic heterocycles. The van der Waals surface area contributed by atoms with Crippen LogP contribution in [0.15, 0.2) is 12.1 Å². The molecule has 3 rings (SSSR count). The van der Waals surface area contributed by atoms with Crippen LogP contribution in [0, 0.1) is 17.7 Å². The van der Waals surface area contributed by atoms with Crippen LogP contribution < -0.4 is 0 Å². The lowest BCUT2D eigenvalue weighted by molar-refractivity contribution is -0.174. The highest BCUT2D eigenvalue weighted by atomic mass is 19.1. The van der Waals surface area contributed by atoms with E-state index in [0.717, 1.165) is 25.7 Å². The van der Waals surface area contributed by atoms with E-state index in [1.54, 1.807) is 18.0 Å². The predicted molar refractivity (Wildman–Crippen MR) is 92.3 cm³/mol. The number of halogens is 1. The lowest BCUT2D eigenvalue weighted by Crippen LogP contribution is -2.37. The van der Waals surface area contributed by atoms with Crippen LogP contribution in [-0.4, -0.2) is 47.6 Å². The molecule has 2 aliphatic rings. The fraction of sp³-hybridized carbons (Fsp3) is 0.579. The third-order valence-corrected chi connectivity index (χ3v) is 5.60. The lowest BCUT2D eigenvalue weighted by atomic mass is 9.81. The van der Waals surface area contributed by atoms with Crippen LogP contribution in [0.1, 0.15) is 47.2 Å². The van der Waals surface area contributed by atoms with E-state index in [0.29, 0.717) is 24.6 Å². The van der Waals surface area contributed by atoms with Gasteiger partial charge in [0.1, 0.15) is 5.82 Å². The quantitative estimate of drug-likeness (QED) is 0.813. The minimum atomic E-state index is -0.602. The maximum atomic E-state index is 14.4. The van der Waals surface area contributed by atoms with E-state index in [4.69, 9.17) is 4.84 Å². The number of amides is 2. The number of nitrogens with zero attached hydrogens (tertiary/aromatic N) is 2. The lowest BCUT2D eigenvalue weighted by Gasteiger charge is -2.31. The molecule has 1 aromatic carbocycles. The largest absolute Gasteiger partial charge is 0.392 e. The third kappa shape index (κ3) is 3.46. The Balaban J connectivity index is 1.59. The Morgan fingerprint density at radius 1 is 1.35 bits per heavy atom. The molecule has 0 unspecified atom stereocenters. The Morgan fingerprint density at radius 2 is 2.04 bits per heavy atom. The molecule has 1 saturated carbocycles. The SMILES string of the molecule is CON(C)C(=O)[C@H]1CC[C@H](CN2Cc3ccc(CO)c(F)c3C2=O)CC1. The molecular formula is C19H25FN2O4. The van der Waals surface area contributed by atoms with Gasteiger partial charge in [-0.1, -0.05) is 12.1 Å². The van der Waals surface area contributed by atoms with E-state index >= 15 is 0 Å². The van der Waals surface area contributed by atoms with Crippen molar-refractivity contribution < 1.29 is 23.9 Å². The molecule has 1 heterocycles. The summed E-state index contributed by atoms with van der Waals surface area (Å²) in [6.45, 7) is 0.560. The average molecular weight is 364 g/mol. The maximum absolute atomic E-state index is 14.4. The molecule has 7 heteroatoms. The maximum Gasteiger partial charge on any atom is 0.257 e. The molecule has 0 saturated heterocycles. The van der Waals surface area contributed by atoms with Crippen molar-refractivity contribution in [2.24, 2.45) is 11.8 Å². The van der Waals surface area contributed by atoms with Crippen molar-refractivity contribution in [1.82, 2.24) is 9.96 Å². The first-order chi connectivity index (χ1) is 12.5. The van der Waals surface area contributed by atoms with Crippen molar-refractivity contribution in [3.05, 3.63) is 34.6 Å². The Labute approximate surface area is 152 Å². The minimum Gasteiger partial charge on any atom is -0.392 e. The molecule has 1 aliphatic carbocycles. The second kappa shape index (κ2) is 7.72. The Bertz CT molecular complexity index is 701. The van der Waals surface area contributed by atoms with Gasteiger partial charge in [0.05, 0.1) is 19.3 Å². The van der Waals surface area contributed by atoms with Crippen molar-refractivity contribution in [2.45, 2.75) is 38.8 Å². The van der Waals surface area contributed by atoms with Gasteiger partial charge in [0.25, 0.3) is 5.91 Å². The third-order valence-electron chi connectivity index (χ3n) is 5.60. The van der Waals surface area contributed by atoms with Gasteiger partial charge in [-0.3, -0.25) is 14.4 Å². The fourth-order valence-electron chi connectivity index (χ4n) is 3.98. The number of hydrogen-bond acceptors (Lipinski definition) is 4. The topological polar surface area (TPSA) is 70.1 Å². The molecule has 6 nitrogen and oxygen atoms in total. The van der Waals surface area contributed by atoms with Crippen LogP contribution >= 0.6 is 0 Å². The number of rotatable bonds is 5. The highest BCUT2D eigenvalue weighted by Crippen LogP contribution is 2.33. The summed E-state index contributed by atoms with van der Waals surface area (Å²) in [5.41, 5.74) is 0.928. The summed E-state index contributed by atoms with van der Waals surface area (Å²) >= 11 is 0. The molecule has 0 bridgehead atoms. The minimum absolute atomic E-state index is 0.00536. The summed E-state index contributed by atoms with van der Waals surface area (Å²) in [5.74, 6) is -0.633. The summed E-state index contributed by atoms with van der Waals surface area (Å²) in [7, 11) is 3.09. The van der Waals surface area contributed by atoms with E-state index in [-0.39, 0.29) is 28.9 Å². The van der Waals surface area contributed by atoms with Gasteiger partial charge in [0.15, 0.2) is 0 Å². The van der Waals surface area contributed by atoms with Crippen LogP contribution in [0.5, 0.6) is 0 Å². The van der Waals surface area contributed by atoms with Crippen molar-refractivity contribution >= 4 is 11.8 Å². The Kier molecular flexibility index (Phi) is 5.58. The Hall–Kier alpha value is -1.99. The van der Waals surface area contributed by atoms with Crippen LogP contribution in [0.3, 0.4) is 0 Å². The number of carbonyl (C=O) groups excluding carboxylic acids is 2. The monoisotopic (exact) mass is 364 g/mol. The molecule has 1 fully saturated rings. The molecule has 2 amide bonds. The van der Waals surface area contributed by atoms with E-state index < -0.39 is 12.4 Å². The standard InChI is InChI=1S/C19H25FN2O4/c1-21(26-2)18(24)13-5-3-12(4-6-13)9-22-10-14-7-8-15(11-23)17(20)16(14)19(22)25/h7-8,12-13,23H,3-6,9-11H2,1-2H3/t12-,13-. The van der Waals surface area contributed by atoms with Crippen LogP contribution in [-0.2, 0) is 22.8 Å². The average Bonchev–Trinajstić information content (AvgIpc) is 2.97. The summed E-state index contributed by atoms with van der Waals surface area (Å²) in [5, 5.41) is 10.5. The highest BCUT2D eigenvalue weighted by molar-refractivity contribution is 5.98. The fourth-order valence-corrected chi connectivity index (χ4v) is 3.98. The van der Waals surface area contributed by atoms with Gasteiger partial charge in [-0.15, -0.1) is 0 Å². The molecule has 0 atom stereocenters. The first kappa shape index (κ1) is 18.8. The van der Waals surface area contributed by atoms with Gasteiger partial charge in [-0.05, 0) is 37.2 Å². The van der Waals surface area contributed by atoms with Gasteiger partial charge in [0.2, 0.25) is 5.91 Å². The van der Waals surface area contributed by atoms with Crippen molar-refractivity contribution in [3.63, 3.8) is 0 Å². The number of hydrogen-bond donors (Lipinski definition) is 1. The molecule has 142 valence electrons. The molecule has 1 aromatic rings. The second-order valence-corrected chi connectivity index (χ2v) is 7.15. The number of hydroxylamine groups is 2. The van der Waals surface area contributed by atoms with Crippen molar-refractivity contribution in [3.8, 4) is 0 Å². The molecule has 0 spiro atoms.